The SMILES string of the molecule is Cc1cc(C(=O)N2CC3CCC(O)C3C2)cc(NN)n1. The van der Waals surface area contributed by atoms with Gasteiger partial charge in [0.25, 0.3) is 5.91 Å². The molecule has 1 aromatic rings. The van der Waals surface area contributed by atoms with Crippen LogP contribution in [-0.4, -0.2) is 40.1 Å². The van der Waals surface area contributed by atoms with E-state index in [0.29, 0.717) is 23.8 Å². The summed E-state index contributed by atoms with van der Waals surface area (Å²) < 4.78 is 0. The average molecular weight is 276 g/mol. The first kappa shape index (κ1) is 13.3. The van der Waals surface area contributed by atoms with E-state index in [1.54, 1.807) is 12.1 Å². The number of likely N-dealkylation sites (tertiary alicyclic amines) is 1. The summed E-state index contributed by atoms with van der Waals surface area (Å²) in [6.45, 7) is 3.23. The lowest BCUT2D eigenvalue weighted by Gasteiger charge is -2.19. The van der Waals surface area contributed by atoms with Crippen LogP contribution in [0.1, 0.15) is 28.9 Å². The number of rotatable bonds is 2. The first-order valence-corrected chi connectivity index (χ1v) is 7.01. The summed E-state index contributed by atoms with van der Waals surface area (Å²) in [4.78, 5) is 18.6. The number of hydrogen-bond donors (Lipinski definition) is 3. The van der Waals surface area contributed by atoms with Gasteiger partial charge in [-0.3, -0.25) is 4.79 Å². The standard InChI is InChI=1S/C14H20N4O2/c1-8-4-10(5-13(16-8)17-15)14(20)18-6-9-2-3-12(19)11(9)7-18/h4-5,9,11-12,19H,2-3,6-7,15H2,1H3,(H,16,17). The molecular weight excluding hydrogens is 256 g/mol. The summed E-state index contributed by atoms with van der Waals surface area (Å²) in [5, 5.41) is 9.92. The molecule has 1 saturated carbocycles. The first-order valence-electron chi connectivity index (χ1n) is 7.01. The average Bonchev–Trinajstić information content (AvgIpc) is 3.00. The fraction of sp³-hybridized carbons (Fsp3) is 0.571. The molecule has 1 aliphatic heterocycles. The summed E-state index contributed by atoms with van der Waals surface area (Å²) in [7, 11) is 0. The number of aromatic nitrogens is 1. The van der Waals surface area contributed by atoms with E-state index in [1.165, 1.54) is 0 Å². The molecule has 4 N–H and O–H groups in total. The highest BCUT2D eigenvalue weighted by Gasteiger charge is 2.43. The number of hydrogen-bond acceptors (Lipinski definition) is 5. The van der Waals surface area contributed by atoms with Crippen molar-refractivity contribution >= 4 is 11.7 Å². The Bertz CT molecular complexity index is 534. The Balaban J connectivity index is 1.78. The van der Waals surface area contributed by atoms with Crippen LogP contribution in [0.5, 0.6) is 0 Å². The van der Waals surface area contributed by atoms with Gasteiger partial charge in [-0.1, -0.05) is 0 Å². The molecule has 0 bridgehead atoms. The van der Waals surface area contributed by atoms with Gasteiger partial charge in [0.15, 0.2) is 0 Å². The molecule has 3 atom stereocenters. The normalized spacial score (nSPS) is 28.6. The Morgan fingerprint density at radius 3 is 2.95 bits per heavy atom. The molecule has 6 heteroatoms. The second-order valence-corrected chi connectivity index (χ2v) is 5.81. The van der Waals surface area contributed by atoms with Crippen LogP contribution >= 0.6 is 0 Å². The first-order chi connectivity index (χ1) is 9.58. The summed E-state index contributed by atoms with van der Waals surface area (Å²) in [6.07, 6.45) is 1.63. The second kappa shape index (κ2) is 5.03. The van der Waals surface area contributed by atoms with Gasteiger partial charge in [-0.05, 0) is 37.8 Å². The third-order valence-corrected chi connectivity index (χ3v) is 4.45. The highest BCUT2D eigenvalue weighted by atomic mass is 16.3. The van der Waals surface area contributed by atoms with Crippen molar-refractivity contribution in [3.05, 3.63) is 23.4 Å². The summed E-state index contributed by atoms with van der Waals surface area (Å²) in [5.74, 6) is 6.54. The zero-order valence-electron chi connectivity index (χ0n) is 11.5. The van der Waals surface area contributed by atoms with E-state index in [0.717, 1.165) is 25.1 Å². The zero-order chi connectivity index (χ0) is 14.3. The number of nitrogens with two attached hydrogens (primary N) is 1. The number of nitrogen functional groups attached to an aromatic ring is 1. The van der Waals surface area contributed by atoms with Crippen molar-refractivity contribution in [2.24, 2.45) is 17.7 Å². The molecule has 1 aliphatic carbocycles. The molecule has 1 amide bonds. The molecule has 108 valence electrons. The maximum Gasteiger partial charge on any atom is 0.254 e. The van der Waals surface area contributed by atoms with Crippen molar-refractivity contribution < 1.29 is 9.90 Å². The number of aliphatic hydroxyl groups is 1. The Hall–Kier alpha value is -1.66. The van der Waals surface area contributed by atoms with Crippen LogP contribution in [0.2, 0.25) is 0 Å². The maximum absolute atomic E-state index is 12.6. The van der Waals surface area contributed by atoms with Crippen LogP contribution in [-0.2, 0) is 0 Å². The van der Waals surface area contributed by atoms with E-state index in [-0.39, 0.29) is 17.9 Å². The molecule has 2 fully saturated rings. The third-order valence-electron chi connectivity index (χ3n) is 4.45. The molecule has 6 nitrogen and oxygen atoms in total. The van der Waals surface area contributed by atoms with Gasteiger partial charge >= 0.3 is 0 Å². The minimum absolute atomic E-state index is 0.00593. The van der Waals surface area contributed by atoms with Gasteiger partial charge in [-0.2, -0.15) is 0 Å². The number of anilines is 1. The van der Waals surface area contributed by atoms with Crippen LogP contribution in [0.15, 0.2) is 12.1 Å². The number of amides is 1. The fourth-order valence-electron chi connectivity index (χ4n) is 3.45. The van der Waals surface area contributed by atoms with E-state index in [4.69, 9.17) is 5.84 Å². The number of nitrogens with one attached hydrogen (secondary N) is 1. The Morgan fingerprint density at radius 1 is 1.45 bits per heavy atom. The summed E-state index contributed by atoms with van der Waals surface area (Å²) in [5.41, 5.74) is 3.83. The molecule has 3 rings (SSSR count). The van der Waals surface area contributed by atoms with Gasteiger partial charge in [-0.15, -0.1) is 0 Å². The highest BCUT2D eigenvalue weighted by Crippen LogP contribution is 2.38. The zero-order valence-corrected chi connectivity index (χ0v) is 11.5. The molecule has 1 saturated heterocycles. The highest BCUT2D eigenvalue weighted by molar-refractivity contribution is 5.95. The molecule has 0 aromatic carbocycles. The summed E-state index contributed by atoms with van der Waals surface area (Å²) in [6, 6.07) is 3.44. The van der Waals surface area contributed by atoms with E-state index < -0.39 is 0 Å². The molecule has 0 radical (unpaired) electrons. The molecular formula is C14H20N4O2. The molecule has 0 spiro atoms. The van der Waals surface area contributed by atoms with Crippen LogP contribution in [0, 0.1) is 18.8 Å². The van der Waals surface area contributed by atoms with E-state index in [2.05, 4.69) is 10.4 Å². The number of fused-ring (bicyclic) bond motifs is 1. The molecule has 2 heterocycles. The number of carbonyl (C=O) groups is 1. The Kier molecular flexibility index (Phi) is 3.35. The predicted octanol–water partition coefficient (Wildman–Crippen LogP) is 0.519. The summed E-state index contributed by atoms with van der Waals surface area (Å²) >= 11 is 0. The van der Waals surface area contributed by atoms with Gasteiger partial charge in [0, 0.05) is 30.3 Å². The van der Waals surface area contributed by atoms with E-state index in [9.17, 15) is 9.90 Å². The molecule has 1 aromatic heterocycles. The van der Waals surface area contributed by atoms with E-state index in [1.807, 2.05) is 11.8 Å². The van der Waals surface area contributed by atoms with Gasteiger partial charge < -0.3 is 15.4 Å². The van der Waals surface area contributed by atoms with Crippen LogP contribution in [0.25, 0.3) is 0 Å². The molecule has 20 heavy (non-hydrogen) atoms. The Labute approximate surface area is 117 Å². The smallest absolute Gasteiger partial charge is 0.254 e. The van der Waals surface area contributed by atoms with Gasteiger partial charge in [0.05, 0.1) is 6.10 Å². The van der Waals surface area contributed by atoms with Crippen LogP contribution < -0.4 is 11.3 Å². The lowest BCUT2D eigenvalue weighted by atomic mass is 10.00. The topological polar surface area (TPSA) is 91.5 Å². The third kappa shape index (κ3) is 2.25. The van der Waals surface area contributed by atoms with Crippen molar-refractivity contribution in [2.45, 2.75) is 25.9 Å². The molecule has 3 unspecified atom stereocenters. The van der Waals surface area contributed by atoms with Crippen molar-refractivity contribution in [3.8, 4) is 0 Å². The maximum atomic E-state index is 12.6. The van der Waals surface area contributed by atoms with Crippen molar-refractivity contribution in [1.29, 1.82) is 0 Å². The van der Waals surface area contributed by atoms with Gasteiger partial charge in [0.2, 0.25) is 0 Å². The number of aryl methyl sites for hydroxylation is 1. The van der Waals surface area contributed by atoms with Crippen LogP contribution in [0.3, 0.4) is 0 Å². The minimum atomic E-state index is -0.252. The lowest BCUT2D eigenvalue weighted by molar-refractivity contribution is 0.0752. The number of pyridine rings is 1. The number of aliphatic hydroxyl groups excluding tert-OH is 1. The second-order valence-electron chi connectivity index (χ2n) is 5.81. The number of hydrazine groups is 1. The van der Waals surface area contributed by atoms with Crippen molar-refractivity contribution in [1.82, 2.24) is 9.88 Å². The van der Waals surface area contributed by atoms with Gasteiger partial charge in [-0.25, -0.2) is 10.8 Å². The van der Waals surface area contributed by atoms with Crippen molar-refractivity contribution in [3.63, 3.8) is 0 Å². The number of nitrogens with zero attached hydrogens (tertiary/aromatic N) is 2. The van der Waals surface area contributed by atoms with E-state index >= 15 is 0 Å². The van der Waals surface area contributed by atoms with Crippen molar-refractivity contribution in [2.75, 3.05) is 18.5 Å². The fourth-order valence-corrected chi connectivity index (χ4v) is 3.45. The van der Waals surface area contributed by atoms with Gasteiger partial charge in [0.1, 0.15) is 5.82 Å². The Morgan fingerprint density at radius 2 is 2.25 bits per heavy atom. The lowest BCUT2D eigenvalue weighted by Crippen LogP contribution is -2.31. The monoisotopic (exact) mass is 276 g/mol. The predicted molar refractivity (Wildman–Crippen MR) is 74.9 cm³/mol. The number of carbonyl (C=O) groups excluding carboxylic acids is 1. The molecule has 2 aliphatic rings. The largest absolute Gasteiger partial charge is 0.393 e. The minimum Gasteiger partial charge on any atom is -0.393 e. The van der Waals surface area contributed by atoms with Crippen LogP contribution in [0.4, 0.5) is 5.82 Å². The quantitative estimate of drug-likeness (QED) is 0.541.